The van der Waals surface area contributed by atoms with E-state index in [2.05, 4.69) is 25.7 Å². The average Bonchev–Trinajstić information content (AvgIpc) is 3.48. The molecular formula is C24H27F2N7O. The number of benzene rings is 1. The Morgan fingerprint density at radius 1 is 1.18 bits per heavy atom. The Labute approximate surface area is 196 Å². The number of halogens is 2. The summed E-state index contributed by atoms with van der Waals surface area (Å²) in [5.74, 6) is -0.478. The summed E-state index contributed by atoms with van der Waals surface area (Å²) in [6.07, 6.45) is 8.12. The summed E-state index contributed by atoms with van der Waals surface area (Å²) in [4.78, 5) is 23.3. The molecule has 2 unspecified atom stereocenters. The minimum absolute atomic E-state index is 0.00515. The van der Waals surface area contributed by atoms with E-state index in [9.17, 15) is 13.6 Å². The Morgan fingerprint density at radius 2 is 2.00 bits per heavy atom. The molecule has 8 nitrogen and oxygen atoms in total. The minimum atomic E-state index is -0.986. The van der Waals surface area contributed by atoms with Crippen LogP contribution in [-0.4, -0.2) is 68.9 Å². The molecule has 0 bridgehead atoms. The summed E-state index contributed by atoms with van der Waals surface area (Å²) in [6, 6.07) is 2.68. The van der Waals surface area contributed by atoms with Crippen molar-refractivity contribution < 1.29 is 13.6 Å². The van der Waals surface area contributed by atoms with Crippen LogP contribution in [0.4, 0.5) is 14.6 Å². The lowest BCUT2D eigenvalue weighted by Crippen LogP contribution is -2.46. The van der Waals surface area contributed by atoms with Crippen LogP contribution in [0.5, 0.6) is 0 Å². The van der Waals surface area contributed by atoms with Crippen molar-refractivity contribution in [3.05, 3.63) is 53.9 Å². The highest BCUT2D eigenvalue weighted by molar-refractivity contribution is 5.95. The standard InChI is InChI=1S/C24H27F2N7O/c1-14-7-18(25)17(24(34)29-16-3-4-16)8-22(14)33-12-15(9-28-33)21-10-27-11-23(31-21)30-20-5-6-32(2)13-19(20)26/h7-12,16,19-20H,3-6,13H2,1-2H3,(H,29,34)(H,30,31). The van der Waals surface area contributed by atoms with E-state index >= 15 is 0 Å². The van der Waals surface area contributed by atoms with Gasteiger partial charge in [-0.1, -0.05) is 0 Å². The number of nitrogens with one attached hydrogen (secondary N) is 2. The first-order valence-electron chi connectivity index (χ1n) is 11.4. The van der Waals surface area contributed by atoms with E-state index < -0.39 is 17.9 Å². The van der Waals surface area contributed by atoms with Crippen molar-refractivity contribution in [1.82, 2.24) is 30.0 Å². The van der Waals surface area contributed by atoms with Crippen molar-refractivity contribution >= 4 is 11.7 Å². The molecule has 34 heavy (non-hydrogen) atoms. The fraction of sp³-hybridized carbons (Fsp3) is 0.417. The lowest BCUT2D eigenvalue weighted by Gasteiger charge is -2.32. The summed E-state index contributed by atoms with van der Waals surface area (Å²) >= 11 is 0. The Kier molecular flexibility index (Phi) is 5.99. The predicted molar refractivity (Wildman–Crippen MR) is 124 cm³/mol. The van der Waals surface area contributed by atoms with Gasteiger partial charge in [-0.05, 0) is 50.9 Å². The molecule has 2 aromatic heterocycles. The normalized spacial score (nSPS) is 20.8. The molecule has 1 aromatic carbocycles. The molecular weight excluding hydrogens is 440 g/mol. The number of likely N-dealkylation sites (tertiary alicyclic amines) is 1. The quantitative estimate of drug-likeness (QED) is 0.579. The Morgan fingerprint density at radius 3 is 2.76 bits per heavy atom. The number of piperidine rings is 1. The first-order valence-corrected chi connectivity index (χ1v) is 11.4. The number of carbonyl (C=O) groups is 1. The molecule has 5 rings (SSSR count). The van der Waals surface area contributed by atoms with Crippen molar-refractivity contribution in [3.8, 4) is 16.9 Å². The van der Waals surface area contributed by atoms with Gasteiger partial charge in [0.25, 0.3) is 5.91 Å². The van der Waals surface area contributed by atoms with Crippen molar-refractivity contribution in [3.63, 3.8) is 0 Å². The van der Waals surface area contributed by atoms with Crippen molar-refractivity contribution in [2.45, 2.75) is 44.4 Å². The number of hydrogen-bond acceptors (Lipinski definition) is 6. The van der Waals surface area contributed by atoms with Gasteiger partial charge in [-0.15, -0.1) is 0 Å². The van der Waals surface area contributed by atoms with Gasteiger partial charge in [-0.2, -0.15) is 5.10 Å². The summed E-state index contributed by atoms with van der Waals surface area (Å²) in [7, 11) is 1.91. The van der Waals surface area contributed by atoms with Crippen LogP contribution in [0.25, 0.3) is 16.9 Å². The zero-order chi connectivity index (χ0) is 23.8. The number of alkyl halides is 1. The molecule has 2 N–H and O–H groups in total. The van der Waals surface area contributed by atoms with Crippen molar-refractivity contribution in [1.29, 1.82) is 0 Å². The molecule has 1 saturated heterocycles. The van der Waals surface area contributed by atoms with Gasteiger partial charge in [-0.3, -0.25) is 9.78 Å². The van der Waals surface area contributed by atoms with Gasteiger partial charge >= 0.3 is 0 Å². The number of anilines is 1. The molecule has 3 heterocycles. The van der Waals surface area contributed by atoms with E-state index in [0.717, 1.165) is 19.4 Å². The molecule has 178 valence electrons. The Balaban J connectivity index is 1.37. The van der Waals surface area contributed by atoms with Gasteiger partial charge < -0.3 is 15.5 Å². The second-order valence-electron chi connectivity index (χ2n) is 9.15. The van der Waals surface area contributed by atoms with Crippen molar-refractivity contribution in [2.24, 2.45) is 0 Å². The van der Waals surface area contributed by atoms with E-state index in [-0.39, 0.29) is 17.6 Å². The van der Waals surface area contributed by atoms with Crippen LogP contribution in [-0.2, 0) is 0 Å². The number of aryl methyl sites for hydroxylation is 1. The van der Waals surface area contributed by atoms with E-state index in [1.807, 2.05) is 11.9 Å². The van der Waals surface area contributed by atoms with E-state index in [0.29, 0.717) is 41.3 Å². The van der Waals surface area contributed by atoms with Crippen LogP contribution in [0.1, 0.15) is 35.2 Å². The van der Waals surface area contributed by atoms with E-state index in [4.69, 9.17) is 0 Å². The topological polar surface area (TPSA) is 88.0 Å². The third-order valence-electron chi connectivity index (χ3n) is 6.28. The lowest BCUT2D eigenvalue weighted by atomic mass is 10.0. The predicted octanol–water partition coefficient (Wildman–Crippen LogP) is 3.12. The number of rotatable bonds is 6. The summed E-state index contributed by atoms with van der Waals surface area (Å²) in [5.41, 5.74) is 2.51. The molecule has 10 heteroatoms. The smallest absolute Gasteiger partial charge is 0.254 e. The van der Waals surface area contributed by atoms with E-state index in [1.165, 1.54) is 12.1 Å². The molecule has 0 radical (unpaired) electrons. The molecule has 2 atom stereocenters. The number of carbonyl (C=O) groups excluding carboxylic acids is 1. The van der Waals surface area contributed by atoms with Gasteiger partial charge in [0, 0.05) is 30.9 Å². The highest BCUT2D eigenvalue weighted by Crippen LogP contribution is 2.25. The number of aromatic nitrogens is 4. The third-order valence-corrected chi connectivity index (χ3v) is 6.28. The largest absolute Gasteiger partial charge is 0.363 e. The fourth-order valence-electron chi connectivity index (χ4n) is 4.14. The first kappa shape index (κ1) is 22.4. The molecule has 3 aromatic rings. The van der Waals surface area contributed by atoms with Crippen LogP contribution in [0, 0.1) is 12.7 Å². The van der Waals surface area contributed by atoms with Gasteiger partial charge in [0.1, 0.15) is 17.8 Å². The molecule has 1 aliphatic heterocycles. The first-order chi connectivity index (χ1) is 16.4. The zero-order valence-corrected chi connectivity index (χ0v) is 19.1. The molecule has 0 spiro atoms. The minimum Gasteiger partial charge on any atom is -0.363 e. The van der Waals surface area contributed by atoms with Gasteiger partial charge in [-0.25, -0.2) is 18.4 Å². The second-order valence-corrected chi connectivity index (χ2v) is 9.15. The van der Waals surface area contributed by atoms with Crippen LogP contribution >= 0.6 is 0 Å². The van der Waals surface area contributed by atoms with Crippen LogP contribution < -0.4 is 10.6 Å². The Hall–Kier alpha value is -3.40. The Bertz CT molecular complexity index is 1210. The van der Waals surface area contributed by atoms with Gasteiger partial charge in [0.15, 0.2) is 0 Å². The van der Waals surface area contributed by atoms with Crippen LogP contribution in [0.3, 0.4) is 0 Å². The highest BCUT2D eigenvalue weighted by atomic mass is 19.1. The zero-order valence-electron chi connectivity index (χ0n) is 19.1. The average molecular weight is 468 g/mol. The monoisotopic (exact) mass is 467 g/mol. The molecule has 2 aliphatic rings. The SMILES string of the molecule is Cc1cc(F)c(C(=O)NC2CC2)cc1-n1cc(-c2cncc(NC3CCN(C)CC3F)n2)cn1. The van der Waals surface area contributed by atoms with Crippen molar-refractivity contribution in [2.75, 3.05) is 25.5 Å². The maximum absolute atomic E-state index is 14.5. The second kappa shape index (κ2) is 9.09. The fourth-order valence-corrected chi connectivity index (χ4v) is 4.14. The van der Waals surface area contributed by atoms with Gasteiger partial charge in [0.2, 0.25) is 0 Å². The van der Waals surface area contributed by atoms with Crippen LogP contribution in [0.2, 0.25) is 0 Å². The molecule has 2 fully saturated rings. The number of amides is 1. The summed E-state index contributed by atoms with van der Waals surface area (Å²) < 4.78 is 30.5. The molecule has 1 amide bonds. The highest BCUT2D eigenvalue weighted by Gasteiger charge is 2.28. The third kappa shape index (κ3) is 4.77. The maximum Gasteiger partial charge on any atom is 0.254 e. The van der Waals surface area contributed by atoms with Gasteiger partial charge in [0.05, 0.1) is 41.6 Å². The molecule has 1 aliphatic carbocycles. The number of nitrogens with zero attached hydrogens (tertiary/aromatic N) is 5. The molecule has 1 saturated carbocycles. The maximum atomic E-state index is 14.5. The number of hydrogen-bond donors (Lipinski definition) is 2. The summed E-state index contributed by atoms with van der Waals surface area (Å²) in [6.45, 7) is 2.96. The lowest BCUT2D eigenvalue weighted by molar-refractivity contribution is 0.0947. The summed E-state index contributed by atoms with van der Waals surface area (Å²) in [5, 5.41) is 10.4. The van der Waals surface area contributed by atoms with Crippen LogP contribution in [0.15, 0.2) is 36.9 Å². The van der Waals surface area contributed by atoms with E-state index in [1.54, 1.807) is 36.4 Å².